The summed E-state index contributed by atoms with van der Waals surface area (Å²) in [5.74, 6) is 0. The molecule has 1 aromatic heterocycles. The third-order valence-corrected chi connectivity index (χ3v) is 4.05. The van der Waals surface area contributed by atoms with Crippen molar-refractivity contribution in [1.29, 1.82) is 0 Å². The summed E-state index contributed by atoms with van der Waals surface area (Å²) in [4.78, 5) is 6.89. The van der Waals surface area contributed by atoms with Crippen molar-refractivity contribution >= 4 is 15.9 Å². The maximum atomic E-state index is 4.35. The van der Waals surface area contributed by atoms with E-state index >= 15 is 0 Å². The van der Waals surface area contributed by atoms with Gasteiger partial charge in [-0.25, -0.2) is 4.98 Å². The number of halogens is 1. The first kappa shape index (κ1) is 13.7. The average molecular weight is 310 g/mol. The van der Waals surface area contributed by atoms with E-state index in [0.29, 0.717) is 6.04 Å². The Morgan fingerprint density at radius 3 is 2.94 bits per heavy atom. The highest BCUT2D eigenvalue weighted by molar-refractivity contribution is 9.10. The van der Waals surface area contributed by atoms with Gasteiger partial charge in [-0.1, -0.05) is 12.1 Å². The molecule has 0 bridgehead atoms. The van der Waals surface area contributed by atoms with Gasteiger partial charge < -0.3 is 5.32 Å². The largest absolute Gasteiger partial charge is 0.314 e. The number of hydrogen-bond acceptors (Lipinski definition) is 3. The first-order chi connectivity index (χ1) is 8.83. The molecule has 1 saturated heterocycles. The van der Waals surface area contributed by atoms with E-state index in [1.807, 2.05) is 18.3 Å². The van der Waals surface area contributed by atoms with Crippen LogP contribution in [-0.2, 0) is 0 Å². The third kappa shape index (κ3) is 3.40. The molecular weight excluding hydrogens is 290 g/mol. The van der Waals surface area contributed by atoms with Crippen LogP contribution < -0.4 is 5.32 Å². The van der Waals surface area contributed by atoms with Crippen molar-refractivity contribution in [2.75, 3.05) is 26.2 Å². The second kappa shape index (κ2) is 7.02. The van der Waals surface area contributed by atoms with Gasteiger partial charge in [0.25, 0.3) is 0 Å². The van der Waals surface area contributed by atoms with Crippen LogP contribution in [0.25, 0.3) is 0 Å². The maximum Gasteiger partial charge on any atom is 0.110 e. The van der Waals surface area contributed by atoms with Crippen molar-refractivity contribution in [2.24, 2.45) is 0 Å². The van der Waals surface area contributed by atoms with Crippen LogP contribution in [0.3, 0.4) is 0 Å². The smallest absolute Gasteiger partial charge is 0.110 e. The van der Waals surface area contributed by atoms with Crippen molar-refractivity contribution in [3.05, 3.63) is 41.2 Å². The fraction of sp³-hybridized carbons (Fsp3) is 0.500. The first-order valence-corrected chi connectivity index (χ1v) is 7.28. The average Bonchev–Trinajstić information content (AvgIpc) is 2.42. The molecule has 1 fully saturated rings. The Morgan fingerprint density at radius 2 is 2.28 bits per heavy atom. The van der Waals surface area contributed by atoms with Crippen molar-refractivity contribution in [2.45, 2.75) is 18.9 Å². The Hall–Kier alpha value is -0.710. The molecule has 0 aromatic carbocycles. The molecule has 1 N–H and O–H groups in total. The molecule has 0 saturated carbocycles. The summed E-state index contributed by atoms with van der Waals surface area (Å²) in [7, 11) is 0. The highest BCUT2D eigenvalue weighted by Crippen LogP contribution is 2.30. The van der Waals surface area contributed by atoms with Crippen LogP contribution in [0.15, 0.2) is 35.6 Å². The van der Waals surface area contributed by atoms with E-state index in [9.17, 15) is 0 Å². The standard InChI is InChI=1S/C14H20BrN3/c1-2-3-6-13(18-10-8-16-9-11-18)12-5-4-7-17-14(12)15/h2,4-5,7,13,16H,1,3,6,8-11H2/t13-/m0/s1. The van der Waals surface area contributed by atoms with Gasteiger partial charge in [0.05, 0.1) is 0 Å². The van der Waals surface area contributed by atoms with Crippen molar-refractivity contribution in [3.8, 4) is 0 Å². The van der Waals surface area contributed by atoms with Crippen LogP contribution in [0.2, 0.25) is 0 Å². The summed E-state index contributed by atoms with van der Waals surface area (Å²) in [5.41, 5.74) is 1.29. The van der Waals surface area contributed by atoms with Crippen LogP contribution in [0.1, 0.15) is 24.4 Å². The molecule has 98 valence electrons. The van der Waals surface area contributed by atoms with E-state index in [2.05, 4.69) is 43.8 Å². The quantitative estimate of drug-likeness (QED) is 0.669. The molecule has 3 nitrogen and oxygen atoms in total. The number of hydrogen-bond donors (Lipinski definition) is 1. The topological polar surface area (TPSA) is 28.2 Å². The van der Waals surface area contributed by atoms with Crippen molar-refractivity contribution < 1.29 is 0 Å². The second-order valence-corrected chi connectivity index (χ2v) is 5.30. The van der Waals surface area contributed by atoms with E-state index in [-0.39, 0.29) is 0 Å². The first-order valence-electron chi connectivity index (χ1n) is 6.49. The Kier molecular flexibility index (Phi) is 5.35. The van der Waals surface area contributed by atoms with Crippen LogP contribution in [-0.4, -0.2) is 36.1 Å². The molecule has 0 unspecified atom stereocenters. The number of nitrogens with zero attached hydrogens (tertiary/aromatic N) is 2. The zero-order chi connectivity index (χ0) is 12.8. The van der Waals surface area contributed by atoms with Gasteiger partial charge in [-0.3, -0.25) is 4.90 Å². The minimum absolute atomic E-state index is 0.438. The molecule has 1 aromatic rings. The van der Waals surface area contributed by atoms with Crippen LogP contribution >= 0.6 is 15.9 Å². The van der Waals surface area contributed by atoms with Crippen LogP contribution in [0.4, 0.5) is 0 Å². The van der Waals surface area contributed by atoms with Gasteiger partial charge >= 0.3 is 0 Å². The highest BCUT2D eigenvalue weighted by Gasteiger charge is 2.23. The van der Waals surface area contributed by atoms with Gasteiger partial charge in [0.2, 0.25) is 0 Å². The molecule has 18 heavy (non-hydrogen) atoms. The number of aromatic nitrogens is 1. The van der Waals surface area contributed by atoms with Gasteiger partial charge in [-0.15, -0.1) is 6.58 Å². The van der Waals surface area contributed by atoms with Crippen molar-refractivity contribution in [1.82, 2.24) is 15.2 Å². The number of pyridine rings is 1. The predicted octanol–water partition coefficient (Wildman–Crippen LogP) is 2.76. The fourth-order valence-electron chi connectivity index (χ4n) is 2.45. The molecule has 0 radical (unpaired) electrons. The molecule has 2 heterocycles. The van der Waals surface area contributed by atoms with E-state index in [1.165, 1.54) is 5.56 Å². The zero-order valence-corrected chi connectivity index (χ0v) is 12.2. The lowest BCUT2D eigenvalue weighted by Crippen LogP contribution is -2.45. The molecule has 2 rings (SSSR count). The minimum atomic E-state index is 0.438. The molecular formula is C14H20BrN3. The number of piperazine rings is 1. The third-order valence-electron chi connectivity index (χ3n) is 3.38. The molecule has 4 heteroatoms. The summed E-state index contributed by atoms with van der Waals surface area (Å²) >= 11 is 3.58. The predicted molar refractivity (Wildman–Crippen MR) is 78.6 cm³/mol. The van der Waals surface area contributed by atoms with E-state index in [1.54, 1.807) is 0 Å². The lowest BCUT2D eigenvalue weighted by atomic mass is 10.0. The summed E-state index contributed by atoms with van der Waals surface area (Å²) in [6, 6.07) is 4.63. The summed E-state index contributed by atoms with van der Waals surface area (Å²) < 4.78 is 0.970. The Morgan fingerprint density at radius 1 is 1.50 bits per heavy atom. The SMILES string of the molecule is C=CCC[C@@H](c1cccnc1Br)N1CCNCC1. The summed E-state index contributed by atoms with van der Waals surface area (Å²) in [5, 5.41) is 3.40. The fourth-order valence-corrected chi connectivity index (χ4v) is 2.97. The van der Waals surface area contributed by atoms with Crippen LogP contribution in [0.5, 0.6) is 0 Å². The zero-order valence-electron chi connectivity index (χ0n) is 10.6. The highest BCUT2D eigenvalue weighted by atomic mass is 79.9. The Labute approximate surface area is 117 Å². The maximum absolute atomic E-state index is 4.35. The number of allylic oxidation sites excluding steroid dienone is 1. The molecule has 0 spiro atoms. The lowest BCUT2D eigenvalue weighted by molar-refractivity contribution is 0.165. The molecule has 1 aliphatic heterocycles. The van der Waals surface area contributed by atoms with Gasteiger partial charge in [0.15, 0.2) is 0 Å². The van der Waals surface area contributed by atoms with E-state index < -0.39 is 0 Å². The summed E-state index contributed by atoms with van der Waals surface area (Å²) in [6.07, 6.45) is 5.97. The van der Waals surface area contributed by atoms with E-state index in [4.69, 9.17) is 0 Å². The Bertz CT molecular complexity index is 388. The van der Waals surface area contributed by atoms with Gasteiger partial charge in [-0.05, 0) is 34.8 Å². The normalized spacial score (nSPS) is 18.5. The molecule has 1 atom stereocenters. The van der Waals surface area contributed by atoms with Gasteiger partial charge in [0.1, 0.15) is 4.60 Å². The van der Waals surface area contributed by atoms with E-state index in [0.717, 1.165) is 43.6 Å². The molecule has 1 aliphatic rings. The molecule has 0 amide bonds. The second-order valence-electron chi connectivity index (χ2n) is 4.55. The van der Waals surface area contributed by atoms with Crippen molar-refractivity contribution in [3.63, 3.8) is 0 Å². The lowest BCUT2D eigenvalue weighted by Gasteiger charge is -2.35. The van der Waals surface area contributed by atoms with Gasteiger partial charge in [0, 0.05) is 44.0 Å². The van der Waals surface area contributed by atoms with Gasteiger partial charge in [-0.2, -0.15) is 0 Å². The minimum Gasteiger partial charge on any atom is -0.314 e. The monoisotopic (exact) mass is 309 g/mol. The Balaban J connectivity index is 2.18. The summed E-state index contributed by atoms with van der Waals surface area (Å²) in [6.45, 7) is 8.18. The number of rotatable bonds is 5. The molecule has 0 aliphatic carbocycles. The van der Waals surface area contributed by atoms with Crippen LogP contribution in [0, 0.1) is 0 Å². The number of nitrogens with one attached hydrogen (secondary N) is 1.